The Hall–Kier alpha value is -0.120. The molecule has 1 heterocycles. The standard InChI is InChI=1S/C13H26N2O/c1-11-10-15(9-8-14(11)2)7-6-12-4-3-5-13(12)16/h11-13,16H,3-10H2,1-2H3. The first-order valence-electron chi connectivity index (χ1n) is 6.77. The smallest absolute Gasteiger partial charge is 0.0568 e. The number of rotatable bonds is 3. The van der Waals surface area contributed by atoms with E-state index in [0.717, 1.165) is 6.42 Å². The lowest BCUT2D eigenvalue weighted by Crippen LogP contribution is -2.50. The van der Waals surface area contributed by atoms with Gasteiger partial charge in [-0.2, -0.15) is 0 Å². The van der Waals surface area contributed by atoms with Crippen LogP contribution in [0, 0.1) is 5.92 Å². The fourth-order valence-electron chi connectivity index (χ4n) is 3.03. The second kappa shape index (κ2) is 5.48. The maximum Gasteiger partial charge on any atom is 0.0568 e. The average molecular weight is 226 g/mol. The molecular weight excluding hydrogens is 200 g/mol. The molecule has 3 heteroatoms. The summed E-state index contributed by atoms with van der Waals surface area (Å²) in [5, 5.41) is 9.79. The van der Waals surface area contributed by atoms with Crippen molar-refractivity contribution in [2.75, 3.05) is 33.2 Å². The van der Waals surface area contributed by atoms with Gasteiger partial charge in [-0.15, -0.1) is 0 Å². The van der Waals surface area contributed by atoms with Crippen molar-refractivity contribution >= 4 is 0 Å². The Morgan fingerprint density at radius 3 is 2.69 bits per heavy atom. The van der Waals surface area contributed by atoms with Gasteiger partial charge in [-0.1, -0.05) is 6.42 Å². The molecule has 1 saturated heterocycles. The van der Waals surface area contributed by atoms with E-state index in [2.05, 4.69) is 23.8 Å². The molecule has 2 fully saturated rings. The minimum absolute atomic E-state index is 0.00936. The van der Waals surface area contributed by atoms with E-state index in [1.807, 2.05) is 0 Å². The number of aliphatic hydroxyl groups is 1. The van der Waals surface area contributed by atoms with Gasteiger partial charge >= 0.3 is 0 Å². The maximum atomic E-state index is 9.79. The molecule has 1 aliphatic carbocycles. The van der Waals surface area contributed by atoms with Crippen LogP contribution in [-0.4, -0.2) is 60.3 Å². The van der Waals surface area contributed by atoms with Crippen molar-refractivity contribution in [2.45, 2.75) is 44.8 Å². The van der Waals surface area contributed by atoms with Crippen molar-refractivity contribution in [1.82, 2.24) is 9.80 Å². The molecule has 2 rings (SSSR count). The van der Waals surface area contributed by atoms with Crippen molar-refractivity contribution in [3.05, 3.63) is 0 Å². The van der Waals surface area contributed by atoms with Crippen LogP contribution < -0.4 is 0 Å². The average Bonchev–Trinajstić information content (AvgIpc) is 2.66. The molecule has 3 atom stereocenters. The quantitative estimate of drug-likeness (QED) is 0.782. The molecule has 94 valence electrons. The Morgan fingerprint density at radius 1 is 1.25 bits per heavy atom. The van der Waals surface area contributed by atoms with Crippen molar-refractivity contribution < 1.29 is 5.11 Å². The topological polar surface area (TPSA) is 26.7 Å². The molecule has 0 spiro atoms. The van der Waals surface area contributed by atoms with Gasteiger partial charge in [-0.05, 0) is 45.7 Å². The largest absolute Gasteiger partial charge is 0.393 e. The van der Waals surface area contributed by atoms with E-state index in [-0.39, 0.29) is 6.10 Å². The van der Waals surface area contributed by atoms with Crippen LogP contribution in [0.15, 0.2) is 0 Å². The molecule has 16 heavy (non-hydrogen) atoms. The molecule has 1 aliphatic heterocycles. The molecule has 0 amide bonds. The minimum atomic E-state index is -0.00936. The summed E-state index contributed by atoms with van der Waals surface area (Å²) in [4.78, 5) is 5.00. The van der Waals surface area contributed by atoms with Gasteiger partial charge in [-0.25, -0.2) is 0 Å². The molecule has 3 unspecified atom stereocenters. The SMILES string of the molecule is CC1CN(CCC2CCCC2O)CCN1C. The summed E-state index contributed by atoms with van der Waals surface area (Å²) in [6, 6.07) is 0.683. The van der Waals surface area contributed by atoms with E-state index in [1.54, 1.807) is 0 Å². The molecule has 1 saturated carbocycles. The van der Waals surface area contributed by atoms with E-state index in [4.69, 9.17) is 0 Å². The lowest BCUT2D eigenvalue weighted by Gasteiger charge is -2.38. The molecular formula is C13H26N2O. The highest BCUT2D eigenvalue weighted by molar-refractivity contribution is 4.80. The Bertz CT molecular complexity index is 222. The zero-order valence-electron chi connectivity index (χ0n) is 10.7. The number of aliphatic hydroxyl groups excluding tert-OH is 1. The molecule has 0 aromatic heterocycles. The third-order valence-electron chi connectivity index (χ3n) is 4.48. The number of nitrogens with zero attached hydrogens (tertiary/aromatic N) is 2. The third-order valence-corrected chi connectivity index (χ3v) is 4.48. The van der Waals surface area contributed by atoms with Gasteiger partial charge in [0, 0.05) is 25.7 Å². The summed E-state index contributed by atoms with van der Waals surface area (Å²) in [5.74, 6) is 0.579. The van der Waals surface area contributed by atoms with Gasteiger partial charge in [0.15, 0.2) is 0 Å². The molecule has 3 nitrogen and oxygen atoms in total. The Kier molecular flexibility index (Phi) is 4.22. The molecule has 2 aliphatic rings. The summed E-state index contributed by atoms with van der Waals surface area (Å²) < 4.78 is 0. The fourth-order valence-corrected chi connectivity index (χ4v) is 3.03. The van der Waals surface area contributed by atoms with Gasteiger partial charge in [0.1, 0.15) is 0 Å². The van der Waals surface area contributed by atoms with Gasteiger partial charge in [-0.3, -0.25) is 0 Å². The van der Waals surface area contributed by atoms with Crippen LogP contribution in [0.2, 0.25) is 0 Å². The predicted octanol–water partition coefficient (Wildman–Crippen LogP) is 1.17. The zero-order chi connectivity index (χ0) is 11.5. The summed E-state index contributed by atoms with van der Waals surface area (Å²) in [6.45, 7) is 7.06. The Morgan fingerprint density at radius 2 is 2.06 bits per heavy atom. The van der Waals surface area contributed by atoms with Crippen LogP contribution >= 0.6 is 0 Å². The minimum Gasteiger partial charge on any atom is -0.393 e. The lowest BCUT2D eigenvalue weighted by molar-refractivity contribution is 0.0834. The first kappa shape index (κ1) is 12.3. The van der Waals surface area contributed by atoms with Gasteiger partial charge < -0.3 is 14.9 Å². The monoisotopic (exact) mass is 226 g/mol. The van der Waals surface area contributed by atoms with E-state index < -0.39 is 0 Å². The second-order valence-electron chi connectivity index (χ2n) is 5.68. The van der Waals surface area contributed by atoms with E-state index in [1.165, 1.54) is 45.4 Å². The second-order valence-corrected chi connectivity index (χ2v) is 5.68. The summed E-state index contributed by atoms with van der Waals surface area (Å²) in [7, 11) is 2.21. The van der Waals surface area contributed by atoms with Crippen LogP contribution in [-0.2, 0) is 0 Å². The van der Waals surface area contributed by atoms with Crippen LogP contribution in [0.3, 0.4) is 0 Å². The molecule has 0 radical (unpaired) electrons. The highest BCUT2D eigenvalue weighted by Gasteiger charge is 2.26. The van der Waals surface area contributed by atoms with Crippen molar-refractivity contribution in [2.24, 2.45) is 5.92 Å². The van der Waals surface area contributed by atoms with Crippen LogP contribution in [0.1, 0.15) is 32.6 Å². The molecule has 0 aromatic rings. The Balaban J connectivity index is 1.70. The van der Waals surface area contributed by atoms with Crippen molar-refractivity contribution in [3.8, 4) is 0 Å². The van der Waals surface area contributed by atoms with Crippen molar-refractivity contribution in [3.63, 3.8) is 0 Å². The summed E-state index contributed by atoms with van der Waals surface area (Å²) in [6.07, 6.45) is 4.68. The van der Waals surface area contributed by atoms with Crippen LogP contribution in [0.25, 0.3) is 0 Å². The Labute approximate surface area is 99.4 Å². The highest BCUT2D eigenvalue weighted by atomic mass is 16.3. The third kappa shape index (κ3) is 2.96. The van der Waals surface area contributed by atoms with Gasteiger partial charge in [0.2, 0.25) is 0 Å². The predicted molar refractivity (Wildman–Crippen MR) is 66.5 cm³/mol. The summed E-state index contributed by atoms with van der Waals surface area (Å²) in [5.41, 5.74) is 0. The number of piperazine rings is 1. The van der Waals surface area contributed by atoms with E-state index >= 15 is 0 Å². The van der Waals surface area contributed by atoms with E-state index in [0.29, 0.717) is 12.0 Å². The summed E-state index contributed by atoms with van der Waals surface area (Å²) >= 11 is 0. The first-order valence-corrected chi connectivity index (χ1v) is 6.77. The molecule has 0 aromatic carbocycles. The first-order chi connectivity index (χ1) is 7.66. The molecule has 0 bridgehead atoms. The zero-order valence-corrected chi connectivity index (χ0v) is 10.7. The fraction of sp³-hybridized carbons (Fsp3) is 1.00. The van der Waals surface area contributed by atoms with Crippen LogP contribution in [0.4, 0.5) is 0 Å². The maximum absolute atomic E-state index is 9.79. The normalized spacial score (nSPS) is 38.1. The van der Waals surface area contributed by atoms with Gasteiger partial charge in [0.05, 0.1) is 6.10 Å². The van der Waals surface area contributed by atoms with Gasteiger partial charge in [0.25, 0.3) is 0 Å². The lowest BCUT2D eigenvalue weighted by atomic mass is 10.0. The number of hydrogen-bond acceptors (Lipinski definition) is 3. The van der Waals surface area contributed by atoms with Crippen molar-refractivity contribution in [1.29, 1.82) is 0 Å². The highest BCUT2D eigenvalue weighted by Crippen LogP contribution is 2.28. The number of hydrogen-bond donors (Lipinski definition) is 1. The van der Waals surface area contributed by atoms with Crippen LogP contribution in [0.5, 0.6) is 0 Å². The van der Waals surface area contributed by atoms with E-state index in [9.17, 15) is 5.11 Å². The molecule has 1 N–H and O–H groups in total. The number of likely N-dealkylation sites (N-methyl/N-ethyl adjacent to an activating group) is 1.